The summed E-state index contributed by atoms with van der Waals surface area (Å²) >= 11 is 1.35. The zero-order valence-electron chi connectivity index (χ0n) is 14.8. The summed E-state index contributed by atoms with van der Waals surface area (Å²) in [7, 11) is 2.34. The number of carbonyl (C=O) groups excluding carboxylic acids is 2. The van der Waals surface area contributed by atoms with Gasteiger partial charge in [0.25, 0.3) is 0 Å². The van der Waals surface area contributed by atoms with Gasteiger partial charge in [-0.05, 0) is 17.3 Å². The van der Waals surface area contributed by atoms with Gasteiger partial charge in [0.1, 0.15) is 0 Å². The maximum Gasteiger partial charge on any atom is 0.330 e. The van der Waals surface area contributed by atoms with Crippen LogP contribution < -0.4 is 0 Å². The molecule has 7 heteroatoms. The molecule has 2 aliphatic rings. The minimum absolute atomic E-state index is 0.0195. The first kappa shape index (κ1) is 18.6. The van der Waals surface area contributed by atoms with Gasteiger partial charge in [0.2, 0.25) is 0 Å². The third-order valence-electron chi connectivity index (χ3n) is 5.85. The number of methoxy groups -OCH3 is 2. The number of ether oxygens (including phenoxy) is 2. The molecule has 24 heavy (non-hydrogen) atoms. The van der Waals surface area contributed by atoms with Crippen LogP contribution in [0.1, 0.15) is 34.1 Å². The third-order valence-corrected chi connectivity index (χ3v) is 8.27. The van der Waals surface area contributed by atoms with E-state index in [4.69, 9.17) is 9.47 Å². The zero-order valence-corrected chi connectivity index (χ0v) is 15.7. The predicted octanol–water partition coefficient (Wildman–Crippen LogP) is 2.29. The number of rotatable bonds is 2. The first-order valence-corrected chi connectivity index (χ1v) is 8.62. The molecule has 1 heterocycles. The number of carbonyl (C=O) groups is 2. The van der Waals surface area contributed by atoms with E-state index in [1.165, 1.54) is 18.9 Å². The van der Waals surface area contributed by atoms with Crippen molar-refractivity contribution >= 4 is 23.7 Å². The van der Waals surface area contributed by atoms with Gasteiger partial charge >= 0.3 is 11.9 Å². The monoisotopic (exact) mass is 350 g/mol. The van der Waals surface area contributed by atoms with E-state index >= 15 is 0 Å². The van der Waals surface area contributed by atoms with Crippen molar-refractivity contribution in [2.45, 2.75) is 38.9 Å². The predicted molar refractivity (Wildman–Crippen MR) is 87.5 cm³/mol. The van der Waals surface area contributed by atoms with Crippen molar-refractivity contribution in [2.24, 2.45) is 21.7 Å². The summed E-state index contributed by atoms with van der Waals surface area (Å²) in [4.78, 5) is 25.5. The van der Waals surface area contributed by atoms with E-state index in [2.05, 4.69) is 6.07 Å². The molecule has 130 valence electrons. The molecule has 0 N–H and O–H groups in total. The molecular weight excluding hydrogens is 328 g/mol. The second-order valence-electron chi connectivity index (χ2n) is 7.78. The topological polar surface area (TPSA) is 100 Å². The number of nitriles is 2. The maximum absolute atomic E-state index is 12.9. The van der Waals surface area contributed by atoms with Gasteiger partial charge in [-0.2, -0.15) is 10.5 Å². The van der Waals surface area contributed by atoms with Crippen LogP contribution in [0.3, 0.4) is 0 Å². The Hall–Kier alpha value is -1.73. The largest absolute Gasteiger partial charge is 0.468 e. The van der Waals surface area contributed by atoms with E-state index in [-0.39, 0.29) is 5.75 Å². The Kier molecular flexibility index (Phi) is 3.98. The fourth-order valence-corrected chi connectivity index (χ4v) is 7.82. The molecule has 1 aliphatic carbocycles. The van der Waals surface area contributed by atoms with Crippen molar-refractivity contribution in [1.82, 2.24) is 0 Å². The average molecular weight is 350 g/mol. The molecule has 0 aromatic carbocycles. The Labute approximate surface area is 146 Å². The first-order valence-electron chi connectivity index (χ1n) is 7.63. The molecule has 0 aromatic rings. The van der Waals surface area contributed by atoms with Gasteiger partial charge in [-0.15, -0.1) is 11.8 Å². The quantitative estimate of drug-likeness (QED) is 0.704. The molecule has 1 saturated heterocycles. The molecule has 0 aromatic heterocycles. The molecule has 2 fully saturated rings. The minimum Gasteiger partial charge on any atom is -0.468 e. The van der Waals surface area contributed by atoms with Crippen molar-refractivity contribution in [2.75, 3.05) is 20.0 Å². The van der Waals surface area contributed by atoms with Crippen molar-refractivity contribution in [1.29, 1.82) is 10.5 Å². The molecule has 1 spiro atoms. The average Bonchev–Trinajstić information content (AvgIpc) is 2.87. The Bertz CT molecular complexity index is 674. The van der Waals surface area contributed by atoms with Crippen LogP contribution in [-0.2, 0) is 19.1 Å². The van der Waals surface area contributed by atoms with Crippen LogP contribution in [0.4, 0.5) is 0 Å². The Morgan fingerprint density at radius 2 is 1.46 bits per heavy atom. The Balaban J connectivity index is 2.93. The summed E-state index contributed by atoms with van der Waals surface area (Å²) in [5.41, 5.74) is -4.70. The number of esters is 2. The van der Waals surface area contributed by atoms with Crippen LogP contribution >= 0.6 is 11.8 Å². The van der Waals surface area contributed by atoms with Crippen LogP contribution in [0.2, 0.25) is 0 Å². The van der Waals surface area contributed by atoms with E-state index in [9.17, 15) is 20.1 Å². The van der Waals surface area contributed by atoms with Crippen LogP contribution in [0.25, 0.3) is 0 Å². The lowest BCUT2D eigenvalue weighted by Crippen LogP contribution is -2.75. The molecule has 0 amide bonds. The van der Waals surface area contributed by atoms with Crippen molar-refractivity contribution in [3.05, 3.63) is 0 Å². The number of thioether (sulfide) groups is 1. The highest BCUT2D eigenvalue weighted by molar-refractivity contribution is 8.01. The first-order chi connectivity index (χ1) is 11.0. The number of hydrogen-bond donors (Lipinski definition) is 0. The van der Waals surface area contributed by atoms with Crippen LogP contribution in [-0.4, -0.2) is 36.7 Å². The Morgan fingerprint density at radius 3 is 1.79 bits per heavy atom. The fourth-order valence-electron chi connectivity index (χ4n) is 5.54. The highest BCUT2D eigenvalue weighted by atomic mass is 32.2. The minimum atomic E-state index is -1.94. The van der Waals surface area contributed by atoms with Gasteiger partial charge in [0.15, 0.2) is 10.8 Å². The molecule has 2 atom stereocenters. The summed E-state index contributed by atoms with van der Waals surface area (Å²) < 4.78 is 8.88. The lowest BCUT2D eigenvalue weighted by Gasteiger charge is -2.69. The summed E-state index contributed by atoms with van der Waals surface area (Å²) in [6, 6.07) is 4.04. The fraction of sp³-hybridized carbons (Fsp3) is 0.765. The summed E-state index contributed by atoms with van der Waals surface area (Å²) in [5.74, 6) is -1.69. The second-order valence-corrected chi connectivity index (χ2v) is 8.97. The highest BCUT2D eigenvalue weighted by Crippen LogP contribution is 2.81. The summed E-state index contributed by atoms with van der Waals surface area (Å²) in [6.45, 7) is 7.85. The van der Waals surface area contributed by atoms with Crippen molar-refractivity contribution < 1.29 is 19.1 Å². The van der Waals surface area contributed by atoms with E-state index in [1.54, 1.807) is 0 Å². The lowest BCUT2D eigenvalue weighted by molar-refractivity contribution is -0.187. The van der Waals surface area contributed by atoms with E-state index in [1.807, 2.05) is 33.8 Å². The van der Waals surface area contributed by atoms with E-state index < -0.39 is 38.3 Å². The van der Waals surface area contributed by atoms with E-state index in [0.717, 1.165) is 13.5 Å². The van der Waals surface area contributed by atoms with Gasteiger partial charge in [0, 0.05) is 5.75 Å². The molecular formula is C17H22N2O4S. The molecule has 1 saturated carbocycles. The van der Waals surface area contributed by atoms with Gasteiger partial charge < -0.3 is 9.47 Å². The third kappa shape index (κ3) is 1.57. The van der Waals surface area contributed by atoms with Gasteiger partial charge in [-0.25, -0.2) is 0 Å². The smallest absolute Gasteiger partial charge is 0.330 e. The summed E-state index contributed by atoms with van der Waals surface area (Å²) in [5, 5.41) is 20.1. The molecule has 0 bridgehead atoms. The molecule has 1 aliphatic heterocycles. The highest BCUT2D eigenvalue weighted by Gasteiger charge is 2.88. The second kappa shape index (κ2) is 5.13. The molecule has 0 unspecified atom stereocenters. The Morgan fingerprint density at radius 1 is 0.958 bits per heavy atom. The number of hydrogen-bond acceptors (Lipinski definition) is 7. The normalized spacial score (nSPS) is 34.5. The molecule has 2 rings (SSSR count). The van der Waals surface area contributed by atoms with Gasteiger partial charge in [-0.1, -0.05) is 27.7 Å². The van der Waals surface area contributed by atoms with Crippen LogP contribution in [0.5, 0.6) is 0 Å². The van der Waals surface area contributed by atoms with Gasteiger partial charge in [-0.3, -0.25) is 9.59 Å². The lowest BCUT2D eigenvalue weighted by atomic mass is 9.37. The molecule has 0 radical (unpaired) electrons. The molecule has 6 nitrogen and oxygen atoms in total. The zero-order chi connectivity index (χ0) is 18.6. The SMILES string of the molecule is COC(=O)[C@@]1(C#N)CSC2(C(C)(C)CC2(C)C)[C@@]1(C#N)C(=O)OC. The van der Waals surface area contributed by atoms with Crippen LogP contribution in [0, 0.1) is 44.3 Å². The number of nitrogens with zero attached hydrogens (tertiary/aromatic N) is 2. The standard InChI is InChI=1S/C17H22N2O4S/c1-13(2)7-14(3,4)17(13)16(9-19,12(21)23-6)15(8-18,10-24-17)11(20)22-5/h7,10H2,1-6H3/t15-,16+/m1/s1. The maximum atomic E-state index is 12.9. The van der Waals surface area contributed by atoms with Crippen LogP contribution in [0.15, 0.2) is 0 Å². The van der Waals surface area contributed by atoms with E-state index in [0.29, 0.717) is 0 Å². The van der Waals surface area contributed by atoms with Crippen molar-refractivity contribution in [3.63, 3.8) is 0 Å². The van der Waals surface area contributed by atoms with Gasteiger partial charge in [0.05, 0.1) is 31.1 Å². The summed E-state index contributed by atoms with van der Waals surface area (Å²) in [6.07, 6.45) is 0.760. The van der Waals surface area contributed by atoms with Crippen molar-refractivity contribution in [3.8, 4) is 12.1 Å².